The van der Waals surface area contributed by atoms with E-state index in [1.54, 1.807) is 6.92 Å². The summed E-state index contributed by atoms with van der Waals surface area (Å²) in [4.78, 5) is 14.9. The van der Waals surface area contributed by atoms with E-state index in [9.17, 15) is 4.79 Å². The van der Waals surface area contributed by atoms with Crippen molar-refractivity contribution in [1.29, 1.82) is 0 Å². The molecule has 96 valence electrons. The fraction of sp³-hybridized carbons (Fsp3) is 0.438. The van der Waals surface area contributed by atoms with Crippen LogP contribution in [0.1, 0.15) is 44.4 Å². The summed E-state index contributed by atoms with van der Waals surface area (Å²) in [6.07, 6.45) is 0.625. The first-order valence-electron chi connectivity index (χ1n) is 6.57. The molecular weight excluding hydrogens is 222 g/mol. The number of hydrogen-bond donors (Lipinski definition) is 1. The van der Waals surface area contributed by atoms with Crippen molar-refractivity contribution >= 4 is 16.7 Å². The van der Waals surface area contributed by atoms with Gasteiger partial charge in [-0.15, -0.1) is 0 Å². The number of ketones is 1. The van der Waals surface area contributed by atoms with Gasteiger partial charge in [0, 0.05) is 23.0 Å². The van der Waals surface area contributed by atoms with Gasteiger partial charge < -0.3 is 9.78 Å². The van der Waals surface area contributed by atoms with E-state index >= 15 is 0 Å². The molecule has 1 unspecified atom stereocenters. The predicted octanol–water partition coefficient (Wildman–Crippen LogP) is 4.20. The molecule has 1 aromatic heterocycles. The first-order chi connectivity index (χ1) is 8.50. The second kappa shape index (κ2) is 4.97. The van der Waals surface area contributed by atoms with E-state index in [4.69, 9.17) is 0 Å². The lowest BCUT2D eigenvalue weighted by atomic mass is 9.83. The molecular formula is C16H21NO. The van der Waals surface area contributed by atoms with Crippen molar-refractivity contribution in [3.05, 3.63) is 35.5 Å². The topological polar surface area (TPSA) is 32.9 Å². The van der Waals surface area contributed by atoms with E-state index in [2.05, 4.69) is 44.0 Å². The number of carbonyl (C=O) groups is 1. The lowest BCUT2D eigenvalue weighted by Gasteiger charge is -2.20. The monoisotopic (exact) mass is 243 g/mol. The minimum absolute atomic E-state index is 0.262. The predicted molar refractivity (Wildman–Crippen MR) is 75.9 cm³/mol. The molecule has 2 rings (SSSR count). The maximum Gasteiger partial charge on any atom is 0.130 e. The molecule has 0 aliphatic rings. The van der Waals surface area contributed by atoms with Crippen molar-refractivity contribution in [2.45, 2.75) is 40.0 Å². The third-order valence-electron chi connectivity index (χ3n) is 3.63. The van der Waals surface area contributed by atoms with Crippen LogP contribution in [0, 0.1) is 12.8 Å². The second-order valence-corrected chi connectivity index (χ2v) is 5.47. The highest BCUT2D eigenvalue weighted by molar-refractivity contribution is 5.86. The number of aromatic nitrogens is 1. The highest BCUT2D eigenvalue weighted by Gasteiger charge is 2.23. The molecule has 1 atom stereocenters. The molecule has 2 heteroatoms. The minimum atomic E-state index is 0.262. The molecule has 0 amide bonds. The van der Waals surface area contributed by atoms with E-state index in [1.165, 1.54) is 22.2 Å². The van der Waals surface area contributed by atoms with Gasteiger partial charge in [-0.3, -0.25) is 0 Å². The zero-order valence-electron chi connectivity index (χ0n) is 11.6. The van der Waals surface area contributed by atoms with Crippen LogP contribution in [-0.4, -0.2) is 10.8 Å². The summed E-state index contributed by atoms with van der Waals surface area (Å²) < 4.78 is 0. The van der Waals surface area contributed by atoms with Crippen LogP contribution in [0.25, 0.3) is 10.9 Å². The van der Waals surface area contributed by atoms with Crippen LogP contribution >= 0.6 is 0 Å². The van der Waals surface area contributed by atoms with Crippen molar-refractivity contribution in [2.24, 2.45) is 5.92 Å². The van der Waals surface area contributed by atoms with Gasteiger partial charge in [-0.05, 0) is 37.3 Å². The van der Waals surface area contributed by atoms with Crippen LogP contribution in [0.2, 0.25) is 0 Å². The Morgan fingerprint density at radius 3 is 2.56 bits per heavy atom. The van der Waals surface area contributed by atoms with Gasteiger partial charge >= 0.3 is 0 Å². The third kappa shape index (κ3) is 2.33. The van der Waals surface area contributed by atoms with Gasteiger partial charge in [0.15, 0.2) is 0 Å². The molecule has 2 nitrogen and oxygen atoms in total. The van der Waals surface area contributed by atoms with Gasteiger partial charge in [-0.2, -0.15) is 0 Å². The highest BCUT2D eigenvalue weighted by atomic mass is 16.1. The number of fused-ring (bicyclic) bond motifs is 1. The second-order valence-electron chi connectivity index (χ2n) is 5.47. The number of H-pyrrole nitrogens is 1. The minimum Gasteiger partial charge on any atom is -0.358 e. The summed E-state index contributed by atoms with van der Waals surface area (Å²) in [5.41, 5.74) is 3.67. The summed E-state index contributed by atoms with van der Waals surface area (Å²) in [7, 11) is 0. The molecule has 0 radical (unpaired) electrons. The van der Waals surface area contributed by atoms with Crippen molar-refractivity contribution in [3.63, 3.8) is 0 Å². The van der Waals surface area contributed by atoms with Crippen LogP contribution < -0.4 is 0 Å². The van der Waals surface area contributed by atoms with Crippen LogP contribution in [0.15, 0.2) is 24.3 Å². The third-order valence-corrected chi connectivity index (χ3v) is 3.63. The SMILES string of the molecule is CC(=O)CC(c1c(C)[nH]c2ccccc12)C(C)C. The van der Waals surface area contributed by atoms with E-state index in [0.717, 1.165) is 0 Å². The number of para-hydroxylation sites is 1. The van der Waals surface area contributed by atoms with Crippen LogP contribution in [0.3, 0.4) is 0 Å². The highest BCUT2D eigenvalue weighted by Crippen LogP contribution is 2.35. The molecule has 0 aliphatic heterocycles. The van der Waals surface area contributed by atoms with Gasteiger partial charge in [-0.25, -0.2) is 0 Å². The molecule has 0 spiro atoms. The Bertz CT molecular complexity index is 565. The molecule has 1 N–H and O–H groups in total. The molecule has 0 fully saturated rings. The number of hydrogen-bond acceptors (Lipinski definition) is 1. The summed E-state index contributed by atoms with van der Waals surface area (Å²) in [6, 6.07) is 8.34. The van der Waals surface area contributed by atoms with Gasteiger partial charge in [0.1, 0.15) is 5.78 Å². The fourth-order valence-corrected chi connectivity index (χ4v) is 2.76. The molecule has 0 saturated carbocycles. The van der Waals surface area contributed by atoms with Crippen molar-refractivity contribution in [3.8, 4) is 0 Å². The number of rotatable bonds is 4. The zero-order chi connectivity index (χ0) is 13.3. The fourth-order valence-electron chi connectivity index (χ4n) is 2.76. The first kappa shape index (κ1) is 12.9. The number of carbonyl (C=O) groups excluding carboxylic acids is 1. The van der Waals surface area contributed by atoms with Crippen molar-refractivity contribution in [2.75, 3.05) is 0 Å². The number of benzene rings is 1. The molecule has 2 aromatic rings. The van der Waals surface area contributed by atoms with E-state index in [-0.39, 0.29) is 5.78 Å². The van der Waals surface area contributed by atoms with E-state index < -0.39 is 0 Å². The number of nitrogens with one attached hydrogen (secondary N) is 1. The summed E-state index contributed by atoms with van der Waals surface area (Å²) in [5.74, 6) is 1.03. The Kier molecular flexibility index (Phi) is 3.55. The molecule has 0 aliphatic carbocycles. The smallest absolute Gasteiger partial charge is 0.130 e. The standard InChI is InChI=1S/C16H21NO/c1-10(2)14(9-11(3)18)16-12(4)17-15-8-6-5-7-13(15)16/h5-8,10,14,17H,9H2,1-4H3. The molecule has 1 aromatic carbocycles. The van der Waals surface area contributed by atoms with Gasteiger partial charge in [0.05, 0.1) is 0 Å². The van der Waals surface area contributed by atoms with Crippen molar-refractivity contribution < 1.29 is 4.79 Å². The van der Waals surface area contributed by atoms with Crippen LogP contribution in [-0.2, 0) is 4.79 Å². The number of aromatic amines is 1. The lowest BCUT2D eigenvalue weighted by Crippen LogP contribution is -2.11. The maximum absolute atomic E-state index is 11.5. The quantitative estimate of drug-likeness (QED) is 0.857. The van der Waals surface area contributed by atoms with E-state index in [0.29, 0.717) is 18.3 Å². The Morgan fingerprint density at radius 1 is 1.28 bits per heavy atom. The number of Topliss-reactive ketones (excluding diaryl/α,β-unsaturated/α-hetero) is 1. The lowest BCUT2D eigenvalue weighted by molar-refractivity contribution is -0.117. The Balaban J connectivity index is 2.56. The zero-order valence-corrected chi connectivity index (χ0v) is 11.6. The molecule has 18 heavy (non-hydrogen) atoms. The van der Waals surface area contributed by atoms with Gasteiger partial charge in [0.2, 0.25) is 0 Å². The van der Waals surface area contributed by atoms with Crippen LogP contribution in [0.5, 0.6) is 0 Å². The Labute approximate surface area is 108 Å². The molecule has 0 bridgehead atoms. The molecule has 0 saturated heterocycles. The van der Waals surface area contributed by atoms with Crippen LogP contribution in [0.4, 0.5) is 0 Å². The molecule has 1 heterocycles. The average molecular weight is 243 g/mol. The summed E-state index contributed by atoms with van der Waals surface area (Å²) >= 11 is 0. The summed E-state index contributed by atoms with van der Waals surface area (Å²) in [5, 5.41) is 1.26. The maximum atomic E-state index is 11.5. The Hall–Kier alpha value is -1.57. The van der Waals surface area contributed by atoms with Gasteiger partial charge in [-0.1, -0.05) is 32.0 Å². The summed E-state index contributed by atoms with van der Waals surface area (Å²) in [6.45, 7) is 8.16. The number of aryl methyl sites for hydroxylation is 1. The first-order valence-corrected chi connectivity index (χ1v) is 6.57. The normalized spacial score (nSPS) is 13.2. The van der Waals surface area contributed by atoms with E-state index in [1.807, 2.05) is 6.07 Å². The largest absolute Gasteiger partial charge is 0.358 e. The average Bonchev–Trinajstić information content (AvgIpc) is 2.61. The Morgan fingerprint density at radius 2 is 1.94 bits per heavy atom. The van der Waals surface area contributed by atoms with Crippen molar-refractivity contribution in [1.82, 2.24) is 4.98 Å². The van der Waals surface area contributed by atoms with Gasteiger partial charge in [0.25, 0.3) is 0 Å².